The molecule has 0 unspecified atom stereocenters. The second-order valence-electron chi connectivity index (χ2n) is 5.85. The molecule has 8 heteroatoms. The predicted octanol–water partition coefficient (Wildman–Crippen LogP) is 3.58. The van der Waals surface area contributed by atoms with E-state index in [9.17, 15) is 9.59 Å². The summed E-state index contributed by atoms with van der Waals surface area (Å²) < 4.78 is 5.20. The van der Waals surface area contributed by atoms with Crippen LogP contribution in [0.15, 0.2) is 47.4 Å². The molecule has 0 atom stereocenters. The summed E-state index contributed by atoms with van der Waals surface area (Å²) in [6, 6.07) is 12.6. The van der Waals surface area contributed by atoms with Crippen LogP contribution in [0.25, 0.3) is 0 Å². The van der Waals surface area contributed by atoms with Crippen LogP contribution in [0, 0.1) is 0 Å². The van der Waals surface area contributed by atoms with E-state index in [1.807, 2.05) is 30.5 Å². The van der Waals surface area contributed by atoms with Crippen molar-refractivity contribution in [3.63, 3.8) is 0 Å². The number of carbonyl (C=O) groups excluding carboxylic acids is 2. The number of hydrogen-bond donors (Lipinski definition) is 2. The molecule has 0 bridgehead atoms. The lowest BCUT2D eigenvalue weighted by Crippen LogP contribution is -2.36. The lowest BCUT2D eigenvalue weighted by atomic mass is 10.3. The minimum Gasteiger partial charge on any atom is -0.495 e. The normalized spacial score (nSPS) is 10.6. The molecule has 2 aromatic carbocycles. The molecule has 2 aromatic rings. The Labute approximate surface area is 168 Å². The third-order valence-electron chi connectivity index (χ3n) is 3.62. The third-order valence-corrected chi connectivity index (χ3v) is 4.58. The molecule has 0 aliphatic heterocycles. The minimum atomic E-state index is -0.268. The van der Waals surface area contributed by atoms with Crippen molar-refractivity contribution in [2.24, 2.45) is 0 Å². The Morgan fingerprint density at radius 1 is 1.11 bits per heavy atom. The van der Waals surface area contributed by atoms with Crippen molar-refractivity contribution in [3.8, 4) is 5.75 Å². The summed E-state index contributed by atoms with van der Waals surface area (Å²) in [5.41, 5.74) is 1.22. The highest BCUT2D eigenvalue weighted by molar-refractivity contribution is 7.98. The molecule has 2 rings (SSSR count). The largest absolute Gasteiger partial charge is 0.495 e. The molecule has 0 heterocycles. The number of thioether (sulfide) groups is 1. The zero-order chi connectivity index (χ0) is 19.8. The number of likely N-dealkylation sites (N-methyl/N-ethyl adjacent to an activating group) is 1. The number of anilines is 2. The molecule has 0 aliphatic rings. The molecule has 0 radical (unpaired) electrons. The topological polar surface area (TPSA) is 70.7 Å². The number of halogens is 1. The third kappa shape index (κ3) is 6.78. The van der Waals surface area contributed by atoms with Gasteiger partial charge in [-0.05, 0) is 49.7 Å². The predicted molar refractivity (Wildman–Crippen MR) is 111 cm³/mol. The molecule has 0 fully saturated rings. The standard InChI is InChI=1S/C19H22ClN3O3S/c1-23(11-18(24)21-14-5-4-6-15(10-14)27-3)12-19(25)22-16-9-13(20)7-8-17(16)26-2/h4-10H,11-12H2,1-3H3,(H,21,24)(H,22,25). The SMILES string of the molecule is COc1ccc(Cl)cc1NC(=O)CN(C)CC(=O)Nc1cccc(SC)c1. The lowest BCUT2D eigenvalue weighted by molar-refractivity contribution is -0.119. The molecular weight excluding hydrogens is 386 g/mol. The van der Waals surface area contributed by atoms with Crippen LogP contribution in [0.2, 0.25) is 5.02 Å². The molecule has 0 saturated carbocycles. The van der Waals surface area contributed by atoms with E-state index in [-0.39, 0.29) is 24.9 Å². The number of carbonyl (C=O) groups is 2. The van der Waals surface area contributed by atoms with Gasteiger partial charge in [-0.2, -0.15) is 0 Å². The van der Waals surface area contributed by atoms with Gasteiger partial charge < -0.3 is 15.4 Å². The Bertz CT molecular complexity index is 817. The van der Waals surface area contributed by atoms with Gasteiger partial charge in [0.1, 0.15) is 5.75 Å². The van der Waals surface area contributed by atoms with Gasteiger partial charge in [-0.1, -0.05) is 17.7 Å². The van der Waals surface area contributed by atoms with Crippen LogP contribution in [0.5, 0.6) is 5.75 Å². The summed E-state index contributed by atoms with van der Waals surface area (Å²) in [5.74, 6) is 0.0564. The second-order valence-corrected chi connectivity index (χ2v) is 7.16. The van der Waals surface area contributed by atoms with E-state index < -0.39 is 0 Å². The molecule has 0 aromatic heterocycles. The average molecular weight is 408 g/mol. The van der Waals surface area contributed by atoms with Gasteiger partial charge >= 0.3 is 0 Å². The number of benzene rings is 2. The van der Waals surface area contributed by atoms with Crippen LogP contribution in [-0.2, 0) is 9.59 Å². The smallest absolute Gasteiger partial charge is 0.238 e. The van der Waals surface area contributed by atoms with Gasteiger partial charge in [0, 0.05) is 15.6 Å². The van der Waals surface area contributed by atoms with Crippen molar-refractivity contribution < 1.29 is 14.3 Å². The first-order valence-electron chi connectivity index (χ1n) is 8.17. The molecule has 2 N–H and O–H groups in total. The molecule has 6 nitrogen and oxygen atoms in total. The van der Waals surface area contributed by atoms with Crippen LogP contribution < -0.4 is 15.4 Å². The van der Waals surface area contributed by atoms with Crippen molar-refractivity contribution in [1.82, 2.24) is 4.90 Å². The summed E-state index contributed by atoms with van der Waals surface area (Å²) in [7, 11) is 3.22. The Morgan fingerprint density at radius 3 is 2.48 bits per heavy atom. The maximum absolute atomic E-state index is 12.2. The summed E-state index contributed by atoms with van der Waals surface area (Å²) in [6.07, 6.45) is 1.97. The van der Waals surface area contributed by atoms with E-state index in [1.54, 1.807) is 41.9 Å². The highest BCUT2D eigenvalue weighted by atomic mass is 35.5. The Morgan fingerprint density at radius 2 is 1.81 bits per heavy atom. The maximum Gasteiger partial charge on any atom is 0.238 e. The van der Waals surface area contributed by atoms with E-state index in [2.05, 4.69) is 10.6 Å². The summed E-state index contributed by atoms with van der Waals surface area (Å²) in [6.45, 7) is 0.136. The number of hydrogen-bond acceptors (Lipinski definition) is 5. The van der Waals surface area contributed by atoms with Crippen molar-refractivity contribution in [2.75, 3.05) is 44.1 Å². The van der Waals surface area contributed by atoms with E-state index in [0.717, 1.165) is 10.6 Å². The zero-order valence-corrected chi connectivity index (χ0v) is 17.0. The summed E-state index contributed by atoms with van der Waals surface area (Å²) in [5, 5.41) is 6.07. The van der Waals surface area contributed by atoms with Crippen LogP contribution >= 0.6 is 23.4 Å². The zero-order valence-electron chi connectivity index (χ0n) is 15.4. The molecule has 27 heavy (non-hydrogen) atoms. The quantitative estimate of drug-likeness (QED) is 0.654. The Balaban J connectivity index is 1.87. The number of rotatable bonds is 8. The fraction of sp³-hybridized carbons (Fsp3) is 0.263. The van der Waals surface area contributed by atoms with Crippen molar-refractivity contribution >= 4 is 46.6 Å². The van der Waals surface area contributed by atoms with Gasteiger partial charge in [-0.15, -0.1) is 11.8 Å². The fourth-order valence-corrected chi connectivity index (χ4v) is 3.05. The number of nitrogens with one attached hydrogen (secondary N) is 2. The van der Waals surface area contributed by atoms with Gasteiger partial charge in [-0.3, -0.25) is 14.5 Å². The highest BCUT2D eigenvalue weighted by Gasteiger charge is 2.13. The molecule has 0 aliphatic carbocycles. The first-order valence-corrected chi connectivity index (χ1v) is 9.77. The van der Waals surface area contributed by atoms with E-state index in [0.29, 0.717) is 16.5 Å². The molecule has 0 spiro atoms. The summed E-state index contributed by atoms with van der Waals surface area (Å²) >= 11 is 7.56. The van der Waals surface area contributed by atoms with Crippen molar-refractivity contribution in [1.29, 1.82) is 0 Å². The van der Waals surface area contributed by atoms with Gasteiger partial charge in [0.15, 0.2) is 0 Å². The van der Waals surface area contributed by atoms with E-state index in [1.165, 1.54) is 7.11 Å². The highest BCUT2D eigenvalue weighted by Crippen LogP contribution is 2.27. The Hall–Kier alpha value is -2.22. The van der Waals surface area contributed by atoms with Gasteiger partial charge in [-0.25, -0.2) is 0 Å². The fourth-order valence-electron chi connectivity index (χ4n) is 2.42. The summed E-state index contributed by atoms with van der Waals surface area (Å²) in [4.78, 5) is 27.1. The van der Waals surface area contributed by atoms with E-state index >= 15 is 0 Å². The first kappa shape index (κ1) is 21.1. The average Bonchev–Trinajstić information content (AvgIpc) is 2.61. The number of amides is 2. The van der Waals surface area contributed by atoms with Crippen LogP contribution in [0.3, 0.4) is 0 Å². The number of nitrogens with zero attached hydrogens (tertiary/aromatic N) is 1. The monoisotopic (exact) mass is 407 g/mol. The van der Waals surface area contributed by atoms with Crippen LogP contribution in [-0.4, -0.2) is 50.2 Å². The molecule has 0 saturated heterocycles. The molecule has 144 valence electrons. The molecule has 2 amide bonds. The van der Waals surface area contributed by atoms with E-state index in [4.69, 9.17) is 16.3 Å². The van der Waals surface area contributed by atoms with Crippen LogP contribution in [0.1, 0.15) is 0 Å². The second kappa shape index (κ2) is 10.2. The lowest BCUT2D eigenvalue weighted by Gasteiger charge is -2.17. The van der Waals surface area contributed by atoms with Gasteiger partial charge in [0.05, 0.1) is 25.9 Å². The first-order chi connectivity index (χ1) is 12.9. The van der Waals surface area contributed by atoms with Crippen molar-refractivity contribution in [2.45, 2.75) is 4.90 Å². The van der Waals surface area contributed by atoms with Gasteiger partial charge in [0.2, 0.25) is 11.8 Å². The number of ether oxygens (including phenoxy) is 1. The minimum absolute atomic E-state index is 0.0495. The van der Waals surface area contributed by atoms with Crippen molar-refractivity contribution in [3.05, 3.63) is 47.5 Å². The number of methoxy groups -OCH3 is 1. The molecular formula is C19H22ClN3O3S. The Kier molecular flexibility index (Phi) is 7.97. The van der Waals surface area contributed by atoms with Gasteiger partial charge in [0.25, 0.3) is 0 Å². The maximum atomic E-state index is 12.2. The van der Waals surface area contributed by atoms with Crippen LogP contribution in [0.4, 0.5) is 11.4 Å².